The Labute approximate surface area is 211 Å². The van der Waals surface area contributed by atoms with Crippen molar-refractivity contribution in [2.24, 2.45) is 0 Å². The molecule has 1 rings (SSSR count). The zero-order valence-corrected chi connectivity index (χ0v) is 21.2. The molecule has 0 aromatic heterocycles. The molecule has 1 heterocycles. The molecule has 0 aromatic rings. The average molecular weight is 512 g/mol. The number of ether oxygens (including phenoxy) is 3. The topological polar surface area (TPSA) is 157 Å². The largest absolute Gasteiger partial charge is 0.463 e. The summed E-state index contributed by atoms with van der Waals surface area (Å²) >= 11 is 0. The summed E-state index contributed by atoms with van der Waals surface area (Å²) in [5.41, 5.74) is 0. The zero-order valence-electron chi connectivity index (χ0n) is 21.2. The van der Waals surface area contributed by atoms with Crippen LogP contribution in [0.2, 0.25) is 0 Å². The van der Waals surface area contributed by atoms with E-state index in [1.54, 1.807) is 13.8 Å². The first-order valence-electron chi connectivity index (χ1n) is 12.2. The second-order valence-corrected chi connectivity index (χ2v) is 8.06. The summed E-state index contributed by atoms with van der Waals surface area (Å²) in [4.78, 5) is 71.1. The van der Waals surface area contributed by atoms with Gasteiger partial charge in [-0.1, -0.05) is 20.8 Å². The van der Waals surface area contributed by atoms with Crippen molar-refractivity contribution in [1.82, 2.24) is 15.5 Å². The number of carbonyl (C=O) groups is 6. The Morgan fingerprint density at radius 1 is 0.889 bits per heavy atom. The number of hydrogen-bond donors (Lipinski definition) is 2. The van der Waals surface area contributed by atoms with Gasteiger partial charge in [-0.05, 0) is 12.8 Å². The van der Waals surface area contributed by atoms with E-state index in [9.17, 15) is 28.8 Å². The van der Waals surface area contributed by atoms with Crippen molar-refractivity contribution in [2.75, 3.05) is 32.9 Å². The third kappa shape index (κ3) is 12.4. The Morgan fingerprint density at radius 3 is 2.00 bits per heavy atom. The number of hydrogen-bond acceptors (Lipinski definition) is 9. The smallest absolute Gasteiger partial charge is 0.305 e. The molecule has 1 aliphatic heterocycles. The minimum Gasteiger partial charge on any atom is -0.463 e. The molecule has 0 fully saturated rings. The number of imide groups is 1. The molecule has 1 atom stereocenters. The van der Waals surface area contributed by atoms with E-state index in [1.807, 2.05) is 6.92 Å². The van der Waals surface area contributed by atoms with Crippen LogP contribution in [0.25, 0.3) is 0 Å². The average Bonchev–Trinajstić information content (AvgIpc) is 3.20. The van der Waals surface area contributed by atoms with Crippen LogP contribution in [0.1, 0.15) is 59.3 Å². The van der Waals surface area contributed by atoms with Crippen LogP contribution in [-0.2, 0) is 43.0 Å². The first-order chi connectivity index (χ1) is 17.2. The maximum absolute atomic E-state index is 12.2. The Morgan fingerprint density at radius 2 is 1.47 bits per heavy atom. The van der Waals surface area contributed by atoms with Gasteiger partial charge in [-0.3, -0.25) is 33.7 Å². The minimum absolute atomic E-state index is 0.00439. The van der Waals surface area contributed by atoms with Gasteiger partial charge in [0.1, 0.15) is 19.3 Å². The van der Waals surface area contributed by atoms with Crippen molar-refractivity contribution < 1.29 is 43.0 Å². The van der Waals surface area contributed by atoms with E-state index in [2.05, 4.69) is 10.6 Å². The second kappa shape index (κ2) is 17.2. The summed E-state index contributed by atoms with van der Waals surface area (Å²) in [7, 11) is 0. The molecule has 0 saturated heterocycles. The number of nitrogens with one attached hydrogen (secondary N) is 2. The van der Waals surface area contributed by atoms with Gasteiger partial charge in [0.2, 0.25) is 11.8 Å². The maximum Gasteiger partial charge on any atom is 0.305 e. The third-order valence-corrected chi connectivity index (χ3v) is 5.21. The number of rotatable bonds is 18. The number of nitrogens with zero attached hydrogens (tertiary/aromatic N) is 1. The van der Waals surface area contributed by atoms with Crippen LogP contribution < -0.4 is 10.6 Å². The molecule has 0 aromatic carbocycles. The van der Waals surface area contributed by atoms with Gasteiger partial charge < -0.3 is 24.8 Å². The third-order valence-electron chi connectivity index (χ3n) is 5.21. The molecule has 202 valence electrons. The van der Waals surface area contributed by atoms with Crippen LogP contribution >= 0.6 is 0 Å². The van der Waals surface area contributed by atoms with Gasteiger partial charge in [0.05, 0.1) is 0 Å². The highest BCUT2D eigenvalue weighted by molar-refractivity contribution is 6.13. The monoisotopic (exact) mass is 511 g/mol. The summed E-state index contributed by atoms with van der Waals surface area (Å²) < 4.78 is 15.7. The molecular formula is C24H37N3O9. The Kier molecular flexibility index (Phi) is 14.7. The Hall–Kier alpha value is -3.28. The van der Waals surface area contributed by atoms with Crippen molar-refractivity contribution in [1.29, 1.82) is 0 Å². The van der Waals surface area contributed by atoms with E-state index < -0.39 is 29.9 Å². The summed E-state index contributed by atoms with van der Waals surface area (Å²) in [5, 5.41) is 5.54. The lowest BCUT2D eigenvalue weighted by Gasteiger charge is -2.19. The quantitative estimate of drug-likeness (QED) is 0.151. The van der Waals surface area contributed by atoms with Gasteiger partial charge in [0, 0.05) is 63.6 Å². The predicted molar refractivity (Wildman–Crippen MR) is 127 cm³/mol. The van der Waals surface area contributed by atoms with E-state index in [4.69, 9.17) is 14.2 Å². The number of esters is 2. The van der Waals surface area contributed by atoms with Crippen LogP contribution in [0, 0.1) is 0 Å². The van der Waals surface area contributed by atoms with E-state index in [-0.39, 0.29) is 76.4 Å². The van der Waals surface area contributed by atoms with Crippen molar-refractivity contribution in [3.63, 3.8) is 0 Å². The highest BCUT2D eigenvalue weighted by Crippen LogP contribution is 2.05. The first-order valence-corrected chi connectivity index (χ1v) is 12.2. The fraction of sp³-hybridized carbons (Fsp3) is 0.667. The molecule has 2 N–H and O–H groups in total. The molecule has 1 unspecified atom stereocenters. The normalized spacial score (nSPS) is 13.6. The second-order valence-electron chi connectivity index (χ2n) is 8.06. The number of amides is 4. The van der Waals surface area contributed by atoms with Crippen LogP contribution in [0.5, 0.6) is 0 Å². The van der Waals surface area contributed by atoms with Crippen LogP contribution in [0.4, 0.5) is 0 Å². The minimum atomic E-state index is -0.624. The van der Waals surface area contributed by atoms with E-state index in [0.717, 1.165) is 17.1 Å². The molecular weight excluding hydrogens is 474 g/mol. The lowest BCUT2D eigenvalue weighted by molar-refractivity contribution is -0.155. The van der Waals surface area contributed by atoms with Gasteiger partial charge in [0.15, 0.2) is 0 Å². The molecule has 0 saturated carbocycles. The van der Waals surface area contributed by atoms with Crippen LogP contribution in [0.3, 0.4) is 0 Å². The van der Waals surface area contributed by atoms with Crippen LogP contribution in [0.15, 0.2) is 12.2 Å². The summed E-state index contributed by atoms with van der Waals surface area (Å²) in [6.07, 6.45) is 3.26. The van der Waals surface area contributed by atoms with Gasteiger partial charge >= 0.3 is 11.9 Å². The molecule has 1 aliphatic rings. The zero-order chi connectivity index (χ0) is 26.9. The SMILES string of the molecule is CCC(=O)OCC(COC(=O)CC)OCCCC(=O)NCC(CC)NC(=O)CCN1C(=O)C=CC1=O. The molecule has 36 heavy (non-hydrogen) atoms. The fourth-order valence-electron chi connectivity index (χ4n) is 2.99. The molecule has 4 amide bonds. The van der Waals surface area contributed by atoms with Crippen molar-refractivity contribution >= 4 is 35.6 Å². The fourth-order valence-corrected chi connectivity index (χ4v) is 2.99. The first kappa shape index (κ1) is 30.8. The maximum atomic E-state index is 12.2. The van der Waals surface area contributed by atoms with Gasteiger partial charge in [0.25, 0.3) is 11.8 Å². The molecule has 12 nitrogen and oxygen atoms in total. The lowest BCUT2D eigenvalue weighted by atomic mass is 10.2. The van der Waals surface area contributed by atoms with Crippen molar-refractivity contribution in [3.8, 4) is 0 Å². The molecule has 0 bridgehead atoms. The lowest BCUT2D eigenvalue weighted by Crippen LogP contribution is -2.44. The standard InChI is InChI=1S/C24H37N3O9/c1-4-17(26-20(29)11-12-27-21(30)9-10-22(27)31)14-25-19(28)8-7-13-34-18(15-35-23(32)5-2)16-36-24(33)6-3/h9-10,17-18H,4-8,11-16H2,1-3H3,(H,25,28)(H,26,29). The summed E-state index contributed by atoms with van der Waals surface area (Å²) in [6, 6.07) is -0.299. The van der Waals surface area contributed by atoms with Crippen molar-refractivity contribution in [3.05, 3.63) is 12.2 Å². The van der Waals surface area contributed by atoms with E-state index in [1.165, 1.54) is 0 Å². The highest BCUT2D eigenvalue weighted by atomic mass is 16.6. The molecule has 0 aliphatic carbocycles. The molecule has 0 radical (unpaired) electrons. The van der Waals surface area contributed by atoms with Gasteiger partial charge in [-0.25, -0.2) is 0 Å². The summed E-state index contributed by atoms with van der Waals surface area (Å²) in [6.45, 7) is 5.51. The predicted octanol–water partition coefficient (Wildman–Crippen LogP) is 0.384. The van der Waals surface area contributed by atoms with Gasteiger partial charge in [-0.2, -0.15) is 0 Å². The number of carbonyl (C=O) groups excluding carboxylic acids is 6. The van der Waals surface area contributed by atoms with Gasteiger partial charge in [-0.15, -0.1) is 0 Å². The van der Waals surface area contributed by atoms with E-state index in [0.29, 0.717) is 12.8 Å². The van der Waals surface area contributed by atoms with E-state index >= 15 is 0 Å². The Balaban J connectivity index is 2.29. The highest BCUT2D eigenvalue weighted by Gasteiger charge is 2.24. The molecule has 0 spiro atoms. The molecule has 12 heteroatoms. The van der Waals surface area contributed by atoms with Crippen molar-refractivity contribution in [2.45, 2.75) is 71.4 Å². The van der Waals surface area contributed by atoms with Crippen LogP contribution in [-0.4, -0.2) is 85.5 Å². The summed E-state index contributed by atoms with van der Waals surface area (Å²) in [5.74, 6) is -2.21. The Bertz CT molecular complexity index is 775.